The average molecular weight is 140 g/mol. The van der Waals surface area contributed by atoms with Crippen LogP contribution < -0.4 is 0 Å². The molecule has 0 aliphatic rings. The van der Waals surface area contributed by atoms with E-state index in [0.29, 0.717) is 5.92 Å². The van der Waals surface area contributed by atoms with Gasteiger partial charge in [0, 0.05) is 0 Å². The third-order valence-corrected chi connectivity index (χ3v) is 1.65. The zero-order valence-electron chi connectivity index (χ0n) is 7.05. The van der Waals surface area contributed by atoms with E-state index in [4.69, 9.17) is 0 Å². The fourth-order valence-electron chi connectivity index (χ4n) is 0.832. The zero-order chi connectivity index (χ0) is 7.98. The Labute approximate surface area is 63.1 Å². The molecule has 1 nitrogen and oxygen atoms in total. The number of carbonyl (C=O) groups excluding carboxylic acids is 1. The molecule has 0 aliphatic heterocycles. The predicted molar refractivity (Wildman–Crippen MR) is 43.9 cm³/mol. The van der Waals surface area contributed by atoms with Gasteiger partial charge in [-0.3, -0.25) is 4.79 Å². The Morgan fingerprint density at radius 3 is 2.20 bits per heavy atom. The van der Waals surface area contributed by atoms with E-state index in [1.165, 1.54) is 0 Å². The highest BCUT2D eigenvalue weighted by Gasteiger charge is 1.96. The molecule has 58 valence electrons. The Balaban J connectivity index is 3.72. The molecule has 10 heavy (non-hydrogen) atoms. The fraction of sp³-hybridized carbons (Fsp3) is 0.667. The van der Waals surface area contributed by atoms with Crippen molar-refractivity contribution in [1.82, 2.24) is 0 Å². The lowest BCUT2D eigenvalue weighted by Gasteiger charge is -2.03. The Morgan fingerprint density at radius 2 is 1.90 bits per heavy atom. The fourth-order valence-corrected chi connectivity index (χ4v) is 0.832. The lowest BCUT2D eigenvalue weighted by atomic mass is 10.0. The molecule has 0 atom stereocenters. The van der Waals surface area contributed by atoms with E-state index < -0.39 is 0 Å². The lowest BCUT2D eigenvalue weighted by Crippen LogP contribution is -1.92. The number of ketones is 1. The van der Waals surface area contributed by atoms with Crippen molar-refractivity contribution in [1.29, 1.82) is 0 Å². The van der Waals surface area contributed by atoms with Crippen LogP contribution in [0.25, 0.3) is 0 Å². The summed E-state index contributed by atoms with van der Waals surface area (Å²) in [6.45, 7) is 5.86. The van der Waals surface area contributed by atoms with Crippen molar-refractivity contribution in [2.24, 2.45) is 5.92 Å². The molecule has 0 heterocycles. The minimum atomic E-state index is 0.145. The Morgan fingerprint density at radius 1 is 1.40 bits per heavy atom. The van der Waals surface area contributed by atoms with Gasteiger partial charge in [-0.2, -0.15) is 0 Å². The molecular formula is C9H16O. The summed E-state index contributed by atoms with van der Waals surface area (Å²) in [5, 5.41) is 0. The molecule has 0 N–H and O–H groups in total. The van der Waals surface area contributed by atoms with E-state index in [-0.39, 0.29) is 5.78 Å². The number of carbonyl (C=O) groups is 1. The monoisotopic (exact) mass is 140 g/mol. The van der Waals surface area contributed by atoms with Gasteiger partial charge in [0.25, 0.3) is 0 Å². The van der Waals surface area contributed by atoms with Crippen molar-refractivity contribution < 1.29 is 4.79 Å². The molecule has 0 radical (unpaired) electrons. The van der Waals surface area contributed by atoms with Gasteiger partial charge in [-0.05, 0) is 31.8 Å². The minimum Gasteiger partial charge on any atom is -0.295 e. The smallest absolute Gasteiger partial charge is 0.152 e. The molecule has 0 bridgehead atoms. The molecule has 1 heteroatoms. The van der Waals surface area contributed by atoms with Gasteiger partial charge in [-0.1, -0.05) is 19.9 Å². The third-order valence-electron chi connectivity index (χ3n) is 1.65. The van der Waals surface area contributed by atoms with Crippen molar-refractivity contribution in [2.75, 3.05) is 0 Å². The number of rotatable bonds is 4. The van der Waals surface area contributed by atoms with Gasteiger partial charge < -0.3 is 0 Å². The average Bonchev–Trinajstić information content (AvgIpc) is 1.90. The van der Waals surface area contributed by atoms with Crippen LogP contribution in [0.4, 0.5) is 0 Å². The maximum Gasteiger partial charge on any atom is 0.152 e. The number of hydrogen-bond donors (Lipinski definition) is 0. The van der Waals surface area contributed by atoms with Gasteiger partial charge in [0.05, 0.1) is 0 Å². The first-order valence-corrected chi connectivity index (χ1v) is 3.89. The minimum absolute atomic E-state index is 0.145. The Hall–Kier alpha value is -0.590. The van der Waals surface area contributed by atoms with Gasteiger partial charge in [0.2, 0.25) is 0 Å². The summed E-state index contributed by atoms with van der Waals surface area (Å²) in [6, 6.07) is 0. The van der Waals surface area contributed by atoms with Crippen LogP contribution in [0.5, 0.6) is 0 Å². The summed E-state index contributed by atoms with van der Waals surface area (Å²) < 4.78 is 0. The zero-order valence-corrected chi connectivity index (χ0v) is 7.05. The van der Waals surface area contributed by atoms with E-state index in [2.05, 4.69) is 13.8 Å². The van der Waals surface area contributed by atoms with Gasteiger partial charge in [-0.15, -0.1) is 0 Å². The van der Waals surface area contributed by atoms with Crippen molar-refractivity contribution in [3.63, 3.8) is 0 Å². The van der Waals surface area contributed by atoms with Crippen molar-refractivity contribution in [3.05, 3.63) is 12.2 Å². The number of allylic oxidation sites excluding steroid dienone is 2. The van der Waals surface area contributed by atoms with Gasteiger partial charge in [-0.25, -0.2) is 0 Å². The highest BCUT2D eigenvalue weighted by Crippen LogP contribution is 2.08. The van der Waals surface area contributed by atoms with E-state index in [9.17, 15) is 4.79 Å². The first kappa shape index (κ1) is 9.41. The molecule has 0 amide bonds. The van der Waals surface area contributed by atoms with Crippen LogP contribution in [0.2, 0.25) is 0 Å². The largest absolute Gasteiger partial charge is 0.295 e. The molecular weight excluding hydrogens is 124 g/mol. The SMILES string of the molecule is CCC(/C=C\C(C)=O)CC. The molecule has 0 rings (SSSR count). The highest BCUT2D eigenvalue weighted by molar-refractivity contribution is 5.87. The summed E-state index contributed by atoms with van der Waals surface area (Å²) in [6.07, 6.45) is 5.92. The normalized spacial score (nSPS) is 11.2. The lowest BCUT2D eigenvalue weighted by molar-refractivity contribution is -0.112. The van der Waals surface area contributed by atoms with Gasteiger partial charge in [0.1, 0.15) is 0 Å². The van der Waals surface area contributed by atoms with Crippen LogP contribution in [0.15, 0.2) is 12.2 Å². The van der Waals surface area contributed by atoms with Crippen molar-refractivity contribution in [3.8, 4) is 0 Å². The Kier molecular flexibility index (Phi) is 4.91. The maximum atomic E-state index is 10.5. The van der Waals surface area contributed by atoms with Crippen LogP contribution in [0.1, 0.15) is 33.6 Å². The topological polar surface area (TPSA) is 17.1 Å². The molecule has 0 unspecified atom stereocenters. The Bertz CT molecular complexity index is 121. The second-order valence-electron chi connectivity index (χ2n) is 2.55. The first-order chi connectivity index (χ1) is 4.70. The van der Waals surface area contributed by atoms with Crippen molar-refractivity contribution in [2.45, 2.75) is 33.6 Å². The van der Waals surface area contributed by atoms with Crippen LogP contribution >= 0.6 is 0 Å². The second kappa shape index (κ2) is 5.21. The number of hydrogen-bond acceptors (Lipinski definition) is 1. The molecule has 0 saturated carbocycles. The summed E-state index contributed by atoms with van der Waals surface area (Å²) in [4.78, 5) is 10.5. The van der Waals surface area contributed by atoms with E-state index in [1.54, 1.807) is 13.0 Å². The molecule has 0 fully saturated rings. The molecule has 0 spiro atoms. The van der Waals surface area contributed by atoms with Crippen LogP contribution in [-0.2, 0) is 4.79 Å². The standard InChI is InChI=1S/C9H16O/c1-4-9(5-2)7-6-8(3)10/h6-7,9H,4-5H2,1-3H3/b7-6-. The summed E-state index contributed by atoms with van der Waals surface area (Å²) in [5.41, 5.74) is 0. The highest BCUT2D eigenvalue weighted by atomic mass is 16.1. The van der Waals surface area contributed by atoms with Crippen LogP contribution in [0.3, 0.4) is 0 Å². The second-order valence-corrected chi connectivity index (χ2v) is 2.55. The first-order valence-electron chi connectivity index (χ1n) is 3.89. The molecule has 0 aromatic rings. The van der Waals surface area contributed by atoms with Crippen LogP contribution in [0, 0.1) is 5.92 Å². The quantitative estimate of drug-likeness (QED) is 0.548. The van der Waals surface area contributed by atoms with Gasteiger partial charge >= 0.3 is 0 Å². The maximum absolute atomic E-state index is 10.5. The summed E-state index contributed by atoms with van der Waals surface area (Å²) >= 11 is 0. The van der Waals surface area contributed by atoms with Gasteiger partial charge in [0.15, 0.2) is 5.78 Å². The van der Waals surface area contributed by atoms with E-state index >= 15 is 0 Å². The molecule has 0 aromatic heterocycles. The molecule has 0 saturated heterocycles. The predicted octanol–water partition coefficient (Wildman–Crippen LogP) is 2.57. The molecule has 0 aromatic carbocycles. The summed E-state index contributed by atoms with van der Waals surface area (Å²) in [5.74, 6) is 0.732. The van der Waals surface area contributed by atoms with E-state index in [0.717, 1.165) is 12.8 Å². The van der Waals surface area contributed by atoms with E-state index in [1.807, 2.05) is 6.08 Å². The molecule has 0 aliphatic carbocycles. The van der Waals surface area contributed by atoms with Crippen LogP contribution in [-0.4, -0.2) is 5.78 Å². The van der Waals surface area contributed by atoms with Crippen molar-refractivity contribution >= 4 is 5.78 Å². The third kappa shape index (κ3) is 4.30. The summed E-state index contributed by atoms with van der Waals surface area (Å²) in [7, 11) is 0.